The molecule has 0 spiro atoms. The fourth-order valence-corrected chi connectivity index (χ4v) is 1.29. The van der Waals surface area contributed by atoms with Gasteiger partial charge in [-0.3, -0.25) is 0 Å². The van der Waals surface area contributed by atoms with Gasteiger partial charge in [0.1, 0.15) is 5.75 Å². The first-order valence-electron chi connectivity index (χ1n) is 4.60. The van der Waals surface area contributed by atoms with E-state index >= 15 is 0 Å². The molecule has 1 atom stereocenters. The van der Waals surface area contributed by atoms with Crippen LogP contribution in [0.5, 0.6) is 5.75 Å². The molecule has 1 aromatic carbocycles. The van der Waals surface area contributed by atoms with Gasteiger partial charge < -0.3 is 4.74 Å². The molecule has 0 bridgehead atoms. The van der Waals surface area contributed by atoms with Gasteiger partial charge in [0, 0.05) is 4.47 Å². The van der Waals surface area contributed by atoms with E-state index in [1.807, 2.05) is 24.3 Å². The van der Waals surface area contributed by atoms with E-state index < -0.39 is 0 Å². The fourth-order valence-electron chi connectivity index (χ4n) is 0.913. The molecule has 0 aliphatic rings. The molecular weight excluding hydrogens is 228 g/mol. The Bertz CT molecular complexity index is 260. The number of hydrogen-bond donors (Lipinski definition) is 0. The van der Waals surface area contributed by atoms with Crippen molar-refractivity contribution in [2.45, 2.75) is 20.3 Å². The largest absolute Gasteiger partial charge is 0.493 e. The molecule has 2 heteroatoms. The highest BCUT2D eigenvalue weighted by molar-refractivity contribution is 9.10. The average molecular weight is 243 g/mol. The summed E-state index contributed by atoms with van der Waals surface area (Å²) in [5.41, 5.74) is 0. The number of benzene rings is 1. The molecule has 72 valence electrons. The van der Waals surface area contributed by atoms with Crippen LogP contribution in [0.4, 0.5) is 0 Å². The summed E-state index contributed by atoms with van der Waals surface area (Å²) in [4.78, 5) is 0. The molecule has 0 radical (unpaired) electrons. The van der Waals surface area contributed by atoms with Crippen molar-refractivity contribution in [3.8, 4) is 5.75 Å². The van der Waals surface area contributed by atoms with Crippen LogP contribution in [0.2, 0.25) is 0 Å². The van der Waals surface area contributed by atoms with Crippen LogP contribution < -0.4 is 4.74 Å². The second-order valence-electron chi connectivity index (χ2n) is 3.28. The minimum Gasteiger partial charge on any atom is -0.493 e. The van der Waals surface area contributed by atoms with E-state index in [-0.39, 0.29) is 0 Å². The Morgan fingerprint density at radius 1 is 1.46 bits per heavy atom. The highest BCUT2D eigenvalue weighted by Crippen LogP contribution is 2.18. The molecule has 0 saturated heterocycles. The number of hydrogen-bond acceptors (Lipinski definition) is 1. The zero-order valence-electron chi connectivity index (χ0n) is 8.09. The van der Waals surface area contributed by atoms with Crippen molar-refractivity contribution in [3.63, 3.8) is 0 Å². The highest BCUT2D eigenvalue weighted by atomic mass is 79.9. The lowest BCUT2D eigenvalue weighted by Crippen LogP contribution is -2.06. The van der Waals surface area contributed by atoms with Gasteiger partial charge in [0.25, 0.3) is 0 Å². The predicted molar refractivity (Wildman–Crippen MR) is 59.1 cm³/mol. The van der Waals surface area contributed by atoms with Crippen LogP contribution in [0.1, 0.15) is 20.3 Å². The minimum absolute atomic E-state index is 0.624. The van der Waals surface area contributed by atoms with E-state index in [2.05, 4.69) is 29.8 Å². The van der Waals surface area contributed by atoms with E-state index in [1.54, 1.807) is 0 Å². The Hall–Kier alpha value is -0.500. The van der Waals surface area contributed by atoms with Crippen LogP contribution in [0.25, 0.3) is 0 Å². The topological polar surface area (TPSA) is 9.23 Å². The molecule has 0 heterocycles. The van der Waals surface area contributed by atoms with Crippen LogP contribution in [0, 0.1) is 5.92 Å². The molecule has 0 aliphatic heterocycles. The Labute approximate surface area is 88.2 Å². The van der Waals surface area contributed by atoms with Crippen molar-refractivity contribution in [2.75, 3.05) is 6.61 Å². The van der Waals surface area contributed by atoms with Gasteiger partial charge in [0.2, 0.25) is 0 Å². The lowest BCUT2D eigenvalue weighted by molar-refractivity contribution is 0.256. The Balaban J connectivity index is 2.45. The molecule has 0 aromatic heterocycles. The summed E-state index contributed by atoms with van der Waals surface area (Å²) < 4.78 is 6.67. The van der Waals surface area contributed by atoms with Crippen molar-refractivity contribution in [2.24, 2.45) is 5.92 Å². The maximum absolute atomic E-state index is 5.61. The quantitative estimate of drug-likeness (QED) is 0.779. The molecule has 0 aliphatic carbocycles. The smallest absolute Gasteiger partial charge is 0.120 e. The summed E-state index contributed by atoms with van der Waals surface area (Å²) in [6.07, 6.45) is 1.16. The molecule has 1 nitrogen and oxygen atoms in total. The van der Waals surface area contributed by atoms with E-state index in [0.717, 1.165) is 23.2 Å². The van der Waals surface area contributed by atoms with Crippen LogP contribution in [0.3, 0.4) is 0 Å². The van der Waals surface area contributed by atoms with Gasteiger partial charge in [-0.25, -0.2) is 0 Å². The highest BCUT2D eigenvalue weighted by Gasteiger charge is 1.99. The molecule has 1 aromatic rings. The maximum Gasteiger partial charge on any atom is 0.120 e. The summed E-state index contributed by atoms with van der Waals surface area (Å²) in [7, 11) is 0. The maximum atomic E-state index is 5.61. The third-order valence-electron chi connectivity index (χ3n) is 2.03. The number of rotatable bonds is 4. The molecule has 0 saturated carbocycles. The molecular formula is C11H15BrO. The first-order valence-corrected chi connectivity index (χ1v) is 5.40. The Morgan fingerprint density at radius 2 is 2.23 bits per heavy atom. The predicted octanol–water partition coefficient (Wildman–Crippen LogP) is 3.87. The summed E-state index contributed by atoms with van der Waals surface area (Å²) in [6, 6.07) is 7.95. The normalized spacial score (nSPS) is 12.5. The van der Waals surface area contributed by atoms with Crippen molar-refractivity contribution < 1.29 is 4.74 Å². The van der Waals surface area contributed by atoms with Gasteiger partial charge in [-0.2, -0.15) is 0 Å². The average Bonchev–Trinajstić information content (AvgIpc) is 2.14. The van der Waals surface area contributed by atoms with Crippen molar-refractivity contribution in [1.29, 1.82) is 0 Å². The van der Waals surface area contributed by atoms with Crippen LogP contribution in [-0.2, 0) is 0 Å². The molecule has 0 fully saturated rings. The van der Waals surface area contributed by atoms with E-state index in [9.17, 15) is 0 Å². The van der Waals surface area contributed by atoms with Crippen LogP contribution in [-0.4, -0.2) is 6.61 Å². The van der Waals surface area contributed by atoms with E-state index in [4.69, 9.17) is 4.74 Å². The summed E-state index contributed by atoms with van der Waals surface area (Å²) >= 11 is 3.41. The van der Waals surface area contributed by atoms with E-state index in [0.29, 0.717) is 5.92 Å². The molecule has 1 rings (SSSR count). The minimum atomic E-state index is 0.624. The number of halogens is 1. The Morgan fingerprint density at radius 3 is 2.85 bits per heavy atom. The molecule has 13 heavy (non-hydrogen) atoms. The molecule has 0 N–H and O–H groups in total. The van der Waals surface area contributed by atoms with Gasteiger partial charge in [-0.15, -0.1) is 0 Å². The van der Waals surface area contributed by atoms with Gasteiger partial charge in [-0.05, 0) is 24.1 Å². The van der Waals surface area contributed by atoms with Crippen molar-refractivity contribution in [1.82, 2.24) is 0 Å². The fraction of sp³-hybridized carbons (Fsp3) is 0.455. The second kappa shape index (κ2) is 5.28. The van der Waals surface area contributed by atoms with Crippen molar-refractivity contribution >= 4 is 15.9 Å². The third kappa shape index (κ3) is 3.81. The van der Waals surface area contributed by atoms with Gasteiger partial charge in [0.05, 0.1) is 6.61 Å². The summed E-state index contributed by atoms with van der Waals surface area (Å²) in [5.74, 6) is 1.56. The second-order valence-corrected chi connectivity index (χ2v) is 4.20. The summed E-state index contributed by atoms with van der Waals surface area (Å²) in [5, 5.41) is 0. The number of ether oxygens (including phenoxy) is 1. The lowest BCUT2D eigenvalue weighted by Gasteiger charge is -2.10. The molecule has 0 amide bonds. The zero-order chi connectivity index (χ0) is 9.68. The van der Waals surface area contributed by atoms with Gasteiger partial charge >= 0.3 is 0 Å². The SMILES string of the molecule is CCC(C)COc1cccc(Br)c1. The first-order chi connectivity index (χ1) is 6.22. The third-order valence-corrected chi connectivity index (χ3v) is 2.52. The first kappa shape index (κ1) is 10.6. The van der Waals surface area contributed by atoms with Gasteiger partial charge in [0.15, 0.2) is 0 Å². The van der Waals surface area contributed by atoms with E-state index in [1.165, 1.54) is 0 Å². The summed E-state index contributed by atoms with van der Waals surface area (Å²) in [6.45, 7) is 5.17. The monoisotopic (exact) mass is 242 g/mol. The lowest BCUT2D eigenvalue weighted by atomic mass is 10.1. The van der Waals surface area contributed by atoms with Crippen LogP contribution in [0.15, 0.2) is 28.7 Å². The zero-order valence-corrected chi connectivity index (χ0v) is 9.67. The standard InChI is InChI=1S/C11H15BrO/c1-3-9(2)8-13-11-6-4-5-10(12)7-11/h4-7,9H,3,8H2,1-2H3. The van der Waals surface area contributed by atoms with Gasteiger partial charge in [-0.1, -0.05) is 42.3 Å². The molecule has 1 unspecified atom stereocenters. The van der Waals surface area contributed by atoms with Crippen LogP contribution >= 0.6 is 15.9 Å². The Kier molecular flexibility index (Phi) is 4.29. The van der Waals surface area contributed by atoms with Crippen molar-refractivity contribution in [3.05, 3.63) is 28.7 Å².